The van der Waals surface area contributed by atoms with Gasteiger partial charge in [-0.3, -0.25) is 14.5 Å². The van der Waals surface area contributed by atoms with Gasteiger partial charge in [-0.1, -0.05) is 94.5 Å². The summed E-state index contributed by atoms with van der Waals surface area (Å²) in [5.74, 6) is -0.434. The highest BCUT2D eigenvalue weighted by atomic mass is 16.2. The van der Waals surface area contributed by atoms with Crippen LogP contribution in [0.1, 0.15) is 80.5 Å². The normalized spacial score (nSPS) is 28.5. The van der Waals surface area contributed by atoms with Gasteiger partial charge in [-0.15, -0.1) is 0 Å². The maximum atomic E-state index is 13.6. The summed E-state index contributed by atoms with van der Waals surface area (Å²) in [7, 11) is 0. The minimum atomic E-state index is -0.435. The van der Waals surface area contributed by atoms with Gasteiger partial charge in [0, 0.05) is 17.9 Å². The number of amides is 2. The van der Waals surface area contributed by atoms with Crippen LogP contribution in [0.4, 0.5) is 0 Å². The molecular weight excluding hydrogens is 370 g/mol. The van der Waals surface area contributed by atoms with Crippen molar-refractivity contribution < 1.29 is 9.59 Å². The lowest BCUT2D eigenvalue weighted by molar-refractivity contribution is -0.140. The lowest BCUT2D eigenvalue weighted by Crippen LogP contribution is -2.51. The largest absolute Gasteiger partial charge is 0.282 e. The highest BCUT2D eigenvalue weighted by Crippen LogP contribution is 2.63. The van der Waals surface area contributed by atoms with Crippen molar-refractivity contribution in [1.29, 1.82) is 0 Å². The van der Waals surface area contributed by atoms with Crippen molar-refractivity contribution in [3.63, 3.8) is 0 Å². The van der Waals surface area contributed by atoms with E-state index >= 15 is 0 Å². The zero-order valence-electron chi connectivity index (χ0n) is 18.1. The summed E-state index contributed by atoms with van der Waals surface area (Å²) >= 11 is 0. The van der Waals surface area contributed by atoms with Crippen LogP contribution >= 0.6 is 0 Å². The second-order valence-electron chi connectivity index (χ2n) is 9.45. The van der Waals surface area contributed by atoms with E-state index < -0.39 is 5.41 Å². The number of unbranched alkanes of at least 4 members (excludes halogenated alkanes) is 5. The van der Waals surface area contributed by atoms with Gasteiger partial charge in [0.25, 0.3) is 0 Å². The van der Waals surface area contributed by atoms with E-state index in [0.717, 1.165) is 12.8 Å². The van der Waals surface area contributed by atoms with Gasteiger partial charge in [-0.05, 0) is 28.7 Å². The van der Waals surface area contributed by atoms with Crippen molar-refractivity contribution in [1.82, 2.24) is 4.90 Å². The Morgan fingerprint density at radius 2 is 1.37 bits per heavy atom. The number of imide groups is 1. The third kappa shape index (κ3) is 2.57. The minimum absolute atomic E-state index is 0.00442. The highest BCUT2D eigenvalue weighted by Gasteiger charge is 2.66. The number of likely N-dealkylation sites (tertiary alicyclic amines) is 1. The topological polar surface area (TPSA) is 37.4 Å². The van der Waals surface area contributed by atoms with E-state index in [1.165, 1.54) is 47.9 Å². The van der Waals surface area contributed by atoms with Crippen molar-refractivity contribution in [2.45, 2.75) is 63.7 Å². The zero-order chi connectivity index (χ0) is 20.9. The lowest BCUT2D eigenvalue weighted by atomic mass is 9.48. The van der Waals surface area contributed by atoms with Gasteiger partial charge in [-0.25, -0.2) is 0 Å². The van der Waals surface area contributed by atoms with E-state index in [0.29, 0.717) is 6.54 Å². The van der Waals surface area contributed by atoms with Crippen LogP contribution in [0.25, 0.3) is 0 Å². The summed E-state index contributed by atoms with van der Waals surface area (Å²) in [6, 6.07) is 16.9. The Labute approximate surface area is 179 Å². The summed E-state index contributed by atoms with van der Waals surface area (Å²) in [6.45, 7) is 4.98. The minimum Gasteiger partial charge on any atom is -0.282 e. The van der Waals surface area contributed by atoms with Crippen molar-refractivity contribution in [2.75, 3.05) is 6.54 Å². The lowest BCUT2D eigenvalue weighted by Gasteiger charge is -2.52. The van der Waals surface area contributed by atoms with Crippen molar-refractivity contribution in [3.05, 3.63) is 70.8 Å². The molecule has 2 bridgehead atoms. The number of carbonyl (C=O) groups excluding carboxylic acids is 2. The Balaban J connectivity index is 1.49. The first kappa shape index (κ1) is 19.5. The molecule has 0 N–H and O–H groups in total. The van der Waals surface area contributed by atoms with Gasteiger partial charge >= 0.3 is 0 Å². The average molecular weight is 402 g/mol. The molecule has 2 atom stereocenters. The second kappa shape index (κ2) is 7.37. The molecule has 1 heterocycles. The molecule has 2 aromatic rings. The van der Waals surface area contributed by atoms with Crippen molar-refractivity contribution in [2.24, 2.45) is 11.8 Å². The fraction of sp³-hybridized carbons (Fsp3) is 0.481. The summed E-state index contributed by atoms with van der Waals surface area (Å²) < 4.78 is 0. The molecule has 1 saturated heterocycles. The van der Waals surface area contributed by atoms with Crippen LogP contribution in [-0.2, 0) is 15.0 Å². The monoisotopic (exact) mass is 401 g/mol. The van der Waals surface area contributed by atoms with Crippen LogP contribution in [0, 0.1) is 11.8 Å². The van der Waals surface area contributed by atoms with Gasteiger partial charge < -0.3 is 0 Å². The van der Waals surface area contributed by atoms with E-state index in [2.05, 4.69) is 62.4 Å². The third-order valence-corrected chi connectivity index (χ3v) is 7.87. The standard InChI is InChI=1S/C27H31NO2/c1-3-4-5-6-7-12-17-28-25(29)23-22-18-13-8-10-15-20(18)27(2,24(23)26(28)30)21-16-11-9-14-19(21)22/h8-11,13-16,22-24H,3-7,12,17H2,1-2H3/t22?,23-,24-,27?/m1/s1. The Morgan fingerprint density at radius 1 is 0.800 bits per heavy atom. The number of nitrogens with zero attached hydrogens (tertiary/aromatic N) is 1. The number of rotatable bonds is 7. The maximum absolute atomic E-state index is 13.6. The molecule has 2 aromatic carbocycles. The first-order valence-electron chi connectivity index (χ1n) is 11.6. The van der Waals surface area contributed by atoms with Crippen LogP contribution in [0.5, 0.6) is 0 Å². The van der Waals surface area contributed by atoms with E-state index in [1.54, 1.807) is 4.90 Å². The second-order valence-corrected chi connectivity index (χ2v) is 9.45. The van der Waals surface area contributed by atoms with E-state index in [-0.39, 0.29) is 29.6 Å². The molecule has 30 heavy (non-hydrogen) atoms. The van der Waals surface area contributed by atoms with Gasteiger partial charge in [0.15, 0.2) is 0 Å². The van der Waals surface area contributed by atoms with Gasteiger partial charge in [0.1, 0.15) is 0 Å². The molecule has 6 rings (SSSR count). The predicted molar refractivity (Wildman–Crippen MR) is 118 cm³/mol. The summed E-state index contributed by atoms with van der Waals surface area (Å²) in [4.78, 5) is 28.8. The van der Waals surface area contributed by atoms with E-state index in [4.69, 9.17) is 0 Å². The Morgan fingerprint density at radius 3 is 2.00 bits per heavy atom. The molecule has 0 unspecified atom stereocenters. The smallest absolute Gasteiger partial charge is 0.234 e. The summed E-state index contributed by atoms with van der Waals surface area (Å²) in [5.41, 5.74) is 4.51. The molecule has 0 radical (unpaired) electrons. The molecule has 1 aliphatic heterocycles. The van der Waals surface area contributed by atoms with Crippen molar-refractivity contribution >= 4 is 11.8 Å². The molecule has 4 aliphatic rings. The average Bonchev–Trinajstić information content (AvgIpc) is 3.02. The molecule has 1 fully saturated rings. The Bertz CT molecular complexity index is 946. The summed E-state index contributed by atoms with van der Waals surface area (Å²) in [5, 5.41) is 0. The molecule has 0 aromatic heterocycles. The molecule has 3 aliphatic carbocycles. The number of benzene rings is 2. The van der Waals surface area contributed by atoms with Gasteiger partial charge in [0.2, 0.25) is 11.8 Å². The summed E-state index contributed by atoms with van der Waals surface area (Å²) in [6.07, 6.45) is 6.94. The Hall–Kier alpha value is -2.42. The van der Waals surface area contributed by atoms with Crippen LogP contribution in [0.15, 0.2) is 48.5 Å². The predicted octanol–water partition coefficient (Wildman–Crippen LogP) is 5.41. The molecule has 156 valence electrons. The molecule has 3 nitrogen and oxygen atoms in total. The first-order chi connectivity index (χ1) is 14.6. The number of carbonyl (C=O) groups is 2. The molecular formula is C27H31NO2. The van der Waals surface area contributed by atoms with Gasteiger partial charge in [-0.2, -0.15) is 0 Å². The maximum Gasteiger partial charge on any atom is 0.234 e. The number of hydrogen-bond acceptors (Lipinski definition) is 2. The van der Waals surface area contributed by atoms with E-state index in [9.17, 15) is 9.59 Å². The van der Waals surface area contributed by atoms with Crippen LogP contribution < -0.4 is 0 Å². The van der Waals surface area contributed by atoms with Crippen molar-refractivity contribution in [3.8, 4) is 0 Å². The van der Waals surface area contributed by atoms with E-state index in [1.807, 2.05) is 0 Å². The molecule has 3 heteroatoms. The number of hydrogen-bond donors (Lipinski definition) is 0. The fourth-order valence-corrected chi connectivity index (χ4v) is 6.48. The SMILES string of the molecule is CCCCCCCCN1C(=O)[C@@H]2C3c4ccccc4C(C)(c4ccccc43)[C@H]2C1=O. The molecule has 0 spiro atoms. The van der Waals surface area contributed by atoms with Crippen LogP contribution in [-0.4, -0.2) is 23.3 Å². The third-order valence-electron chi connectivity index (χ3n) is 7.87. The first-order valence-corrected chi connectivity index (χ1v) is 11.6. The fourth-order valence-electron chi connectivity index (χ4n) is 6.48. The molecule has 2 amide bonds. The quantitative estimate of drug-likeness (QED) is 0.459. The molecule has 0 saturated carbocycles. The Kier molecular flexibility index (Phi) is 4.80. The zero-order valence-corrected chi connectivity index (χ0v) is 18.1. The van der Waals surface area contributed by atoms with Crippen LogP contribution in [0.2, 0.25) is 0 Å². The van der Waals surface area contributed by atoms with Gasteiger partial charge in [0.05, 0.1) is 11.8 Å². The van der Waals surface area contributed by atoms with Crippen LogP contribution in [0.3, 0.4) is 0 Å². The highest BCUT2D eigenvalue weighted by molar-refractivity contribution is 6.08.